The molecule has 0 radical (unpaired) electrons. The summed E-state index contributed by atoms with van der Waals surface area (Å²) in [6, 6.07) is 1.91. The van der Waals surface area contributed by atoms with Crippen molar-refractivity contribution in [2.75, 3.05) is 26.0 Å². The first-order chi connectivity index (χ1) is 7.11. The van der Waals surface area contributed by atoms with Gasteiger partial charge in [0, 0.05) is 45.1 Å². The average Bonchev–Trinajstić information content (AvgIpc) is 2.20. The Morgan fingerprint density at radius 3 is 2.87 bits per heavy atom. The van der Waals surface area contributed by atoms with Gasteiger partial charge in [0.05, 0.1) is 0 Å². The van der Waals surface area contributed by atoms with Gasteiger partial charge in [0.1, 0.15) is 0 Å². The zero-order chi connectivity index (χ0) is 11.3. The summed E-state index contributed by atoms with van der Waals surface area (Å²) in [6.45, 7) is 2.64. The minimum atomic E-state index is 0.134. The highest BCUT2D eigenvalue weighted by molar-refractivity contribution is 5.76. The lowest BCUT2D eigenvalue weighted by Crippen LogP contribution is -2.24. The van der Waals surface area contributed by atoms with Gasteiger partial charge in [-0.25, -0.2) is 0 Å². The fourth-order valence-electron chi connectivity index (χ4n) is 1.20. The van der Waals surface area contributed by atoms with E-state index in [1.165, 1.54) is 0 Å². The molecule has 0 bridgehead atoms. The Kier molecular flexibility index (Phi) is 4.09. The molecule has 0 aromatic carbocycles. The van der Waals surface area contributed by atoms with Crippen LogP contribution in [0.1, 0.15) is 12.0 Å². The van der Waals surface area contributed by atoms with E-state index in [0.717, 1.165) is 11.3 Å². The predicted molar refractivity (Wildman–Crippen MR) is 60.8 cm³/mol. The van der Waals surface area contributed by atoms with Crippen LogP contribution in [-0.2, 0) is 4.79 Å². The van der Waals surface area contributed by atoms with E-state index in [-0.39, 0.29) is 5.91 Å². The number of carbonyl (C=O) groups is 1. The van der Waals surface area contributed by atoms with E-state index in [0.29, 0.717) is 13.0 Å². The Hall–Kier alpha value is -1.58. The van der Waals surface area contributed by atoms with Crippen LogP contribution in [-0.4, -0.2) is 36.4 Å². The van der Waals surface area contributed by atoms with Gasteiger partial charge >= 0.3 is 0 Å². The van der Waals surface area contributed by atoms with Crippen molar-refractivity contribution in [3.05, 3.63) is 24.0 Å². The lowest BCUT2D eigenvalue weighted by molar-refractivity contribution is -0.128. The van der Waals surface area contributed by atoms with E-state index in [9.17, 15) is 4.79 Å². The Morgan fingerprint density at radius 1 is 1.53 bits per heavy atom. The standard InChI is InChI=1S/C11H17N3O/c1-9-8-12-6-4-10(9)13-7-5-11(15)14(2)3/h4,6,8H,5,7H2,1-3H3,(H,12,13). The van der Waals surface area contributed by atoms with Crippen LogP contribution in [0.25, 0.3) is 0 Å². The van der Waals surface area contributed by atoms with Crippen LogP contribution < -0.4 is 5.32 Å². The topological polar surface area (TPSA) is 45.2 Å². The summed E-state index contributed by atoms with van der Waals surface area (Å²) >= 11 is 0. The van der Waals surface area contributed by atoms with Gasteiger partial charge in [0.15, 0.2) is 0 Å². The van der Waals surface area contributed by atoms with Gasteiger partial charge in [0.2, 0.25) is 5.91 Å². The Labute approximate surface area is 90.3 Å². The van der Waals surface area contributed by atoms with Crippen LogP contribution in [0.15, 0.2) is 18.5 Å². The lowest BCUT2D eigenvalue weighted by Gasteiger charge is -2.12. The number of aromatic nitrogens is 1. The first-order valence-corrected chi connectivity index (χ1v) is 4.96. The summed E-state index contributed by atoms with van der Waals surface area (Å²) in [4.78, 5) is 16.9. The second-order valence-electron chi connectivity index (χ2n) is 3.66. The molecule has 1 heterocycles. The van der Waals surface area contributed by atoms with Gasteiger partial charge in [-0.1, -0.05) is 0 Å². The molecule has 15 heavy (non-hydrogen) atoms. The third-order valence-electron chi connectivity index (χ3n) is 2.17. The minimum absolute atomic E-state index is 0.134. The molecule has 1 aromatic rings. The van der Waals surface area contributed by atoms with Crippen LogP contribution in [0, 0.1) is 6.92 Å². The van der Waals surface area contributed by atoms with E-state index in [2.05, 4.69) is 10.3 Å². The first-order valence-electron chi connectivity index (χ1n) is 4.96. The molecule has 0 aliphatic rings. The molecule has 0 unspecified atom stereocenters. The number of hydrogen-bond donors (Lipinski definition) is 1. The molecule has 1 N–H and O–H groups in total. The normalized spacial score (nSPS) is 9.80. The van der Waals surface area contributed by atoms with Crippen molar-refractivity contribution in [2.24, 2.45) is 0 Å². The number of anilines is 1. The Morgan fingerprint density at radius 2 is 2.27 bits per heavy atom. The van der Waals surface area contributed by atoms with Crippen molar-refractivity contribution in [2.45, 2.75) is 13.3 Å². The van der Waals surface area contributed by atoms with Gasteiger partial charge < -0.3 is 10.2 Å². The summed E-state index contributed by atoms with van der Waals surface area (Å²) in [7, 11) is 3.53. The molecule has 1 aromatic heterocycles. The fraction of sp³-hybridized carbons (Fsp3) is 0.455. The highest BCUT2D eigenvalue weighted by atomic mass is 16.2. The Bertz CT molecular complexity index is 336. The molecule has 0 saturated heterocycles. The number of rotatable bonds is 4. The van der Waals surface area contributed by atoms with Crippen molar-refractivity contribution in [3.63, 3.8) is 0 Å². The number of amides is 1. The molecule has 4 nitrogen and oxygen atoms in total. The fourth-order valence-corrected chi connectivity index (χ4v) is 1.20. The molecular weight excluding hydrogens is 190 g/mol. The molecule has 0 atom stereocenters. The number of nitrogens with one attached hydrogen (secondary N) is 1. The molecule has 0 aliphatic carbocycles. The number of carbonyl (C=O) groups excluding carboxylic acids is 1. The summed E-state index contributed by atoms with van der Waals surface area (Å²) in [5.41, 5.74) is 2.13. The monoisotopic (exact) mass is 207 g/mol. The zero-order valence-electron chi connectivity index (χ0n) is 9.45. The highest BCUT2D eigenvalue weighted by Crippen LogP contribution is 2.11. The molecular formula is C11H17N3O. The van der Waals surface area contributed by atoms with E-state index >= 15 is 0 Å². The SMILES string of the molecule is Cc1cnccc1NCCC(=O)N(C)C. The lowest BCUT2D eigenvalue weighted by atomic mass is 10.2. The van der Waals surface area contributed by atoms with E-state index in [1.54, 1.807) is 31.4 Å². The maximum atomic E-state index is 11.3. The quantitative estimate of drug-likeness (QED) is 0.809. The van der Waals surface area contributed by atoms with Gasteiger partial charge in [-0.15, -0.1) is 0 Å². The van der Waals surface area contributed by atoms with E-state index in [1.807, 2.05) is 13.0 Å². The van der Waals surface area contributed by atoms with E-state index in [4.69, 9.17) is 0 Å². The maximum Gasteiger partial charge on any atom is 0.223 e. The summed E-state index contributed by atoms with van der Waals surface area (Å²) in [5.74, 6) is 0.134. The van der Waals surface area contributed by atoms with E-state index < -0.39 is 0 Å². The van der Waals surface area contributed by atoms with Crippen LogP contribution in [0.5, 0.6) is 0 Å². The maximum absolute atomic E-state index is 11.3. The van der Waals surface area contributed by atoms with Crippen LogP contribution in [0.2, 0.25) is 0 Å². The summed E-state index contributed by atoms with van der Waals surface area (Å²) < 4.78 is 0. The average molecular weight is 207 g/mol. The summed E-state index contributed by atoms with van der Waals surface area (Å²) in [5, 5.41) is 3.21. The van der Waals surface area contributed by atoms with Crippen LogP contribution in [0.3, 0.4) is 0 Å². The second kappa shape index (κ2) is 5.34. The van der Waals surface area contributed by atoms with Crippen molar-refractivity contribution in [1.82, 2.24) is 9.88 Å². The third-order valence-corrected chi connectivity index (χ3v) is 2.17. The van der Waals surface area contributed by atoms with Crippen molar-refractivity contribution in [1.29, 1.82) is 0 Å². The van der Waals surface area contributed by atoms with Gasteiger partial charge in [-0.05, 0) is 18.6 Å². The number of aryl methyl sites for hydroxylation is 1. The molecule has 0 fully saturated rings. The predicted octanol–water partition coefficient (Wildman–Crippen LogP) is 1.28. The van der Waals surface area contributed by atoms with Crippen molar-refractivity contribution in [3.8, 4) is 0 Å². The van der Waals surface area contributed by atoms with Crippen LogP contribution in [0.4, 0.5) is 5.69 Å². The zero-order valence-corrected chi connectivity index (χ0v) is 9.45. The van der Waals surface area contributed by atoms with Crippen LogP contribution >= 0.6 is 0 Å². The number of nitrogens with zero attached hydrogens (tertiary/aromatic N) is 2. The number of pyridine rings is 1. The summed E-state index contributed by atoms with van der Waals surface area (Å²) in [6.07, 6.45) is 4.05. The first kappa shape index (κ1) is 11.5. The molecule has 1 amide bonds. The molecule has 82 valence electrons. The van der Waals surface area contributed by atoms with Gasteiger partial charge in [0.25, 0.3) is 0 Å². The minimum Gasteiger partial charge on any atom is -0.384 e. The third kappa shape index (κ3) is 3.58. The second-order valence-corrected chi connectivity index (χ2v) is 3.66. The molecule has 0 aliphatic heterocycles. The number of hydrogen-bond acceptors (Lipinski definition) is 3. The van der Waals surface area contributed by atoms with Crippen molar-refractivity contribution < 1.29 is 4.79 Å². The molecule has 1 rings (SSSR count). The Balaban J connectivity index is 2.38. The highest BCUT2D eigenvalue weighted by Gasteiger charge is 2.03. The van der Waals surface area contributed by atoms with Crippen molar-refractivity contribution >= 4 is 11.6 Å². The molecule has 0 spiro atoms. The smallest absolute Gasteiger partial charge is 0.223 e. The van der Waals surface area contributed by atoms with Gasteiger partial charge in [-0.2, -0.15) is 0 Å². The van der Waals surface area contributed by atoms with Gasteiger partial charge in [-0.3, -0.25) is 9.78 Å². The molecule has 0 saturated carbocycles. The largest absolute Gasteiger partial charge is 0.384 e. The molecule has 4 heteroatoms.